The van der Waals surface area contributed by atoms with E-state index in [9.17, 15) is 4.39 Å². The van der Waals surface area contributed by atoms with Gasteiger partial charge in [-0.25, -0.2) is 4.39 Å². The molecule has 1 aromatic rings. The largest absolute Gasteiger partial charge is 0.493 e. The zero-order chi connectivity index (χ0) is 13.9. The lowest BCUT2D eigenvalue weighted by atomic mass is 10.0. The Bertz CT molecular complexity index is 491. The number of benzene rings is 1. The number of nitrogens with one attached hydrogen (secondary N) is 1. The molecule has 4 heteroatoms. The van der Waals surface area contributed by atoms with Crippen LogP contribution in [0.4, 0.5) is 4.39 Å². The fourth-order valence-electron chi connectivity index (χ4n) is 2.09. The van der Waals surface area contributed by atoms with Crippen molar-refractivity contribution in [2.45, 2.75) is 32.2 Å². The lowest BCUT2D eigenvalue weighted by molar-refractivity contribution is 0.233. The summed E-state index contributed by atoms with van der Waals surface area (Å²) >= 11 is 0. The van der Waals surface area contributed by atoms with Crippen molar-refractivity contribution >= 4 is 0 Å². The first-order valence-electron chi connectivity index (χ1n) is 6.57. The van der Waals surface area contributed by atoms with Crippen molar-refractivity contribution in [3.05, 3.63) is 29.6 Å². The summed E-state index contributed by atoms with van der Waals surface area (Å²) < 4.78 is 19.2. The van der Waals surface area contributed by atoms with Crippen LogP contribution < -0.4 is 10.1 Å². The van der Waals surface area contributed by atoms with Crippen molar-refractivity contribution in [1.82, 2.24) is 5.32 Å². The van der Waals surface area contributed by atoms with Crippen LogP contribution in [0.15, 0.2) is 18.2 Å². The third-order valence-electron chi connectivity index (χ3n) is 3.82. The van der Waals surface area contributed by atoms with E-state index in [0.29, 0.717) is 18.8 Å². The van der Waals surface area contributed by atoms with E-state index in [4.69, 9.17) is 10.00 Å². The Hall–Kier alpha value is -1.60. The summed E-state index contributed by atoms with van der Waals surface area (Å²) in [5, 5.41) is 11.9. The molecule has 102 valence electrons. The van der Waals surface area contributed by atoms with E-state index in [-0.39, 0.29) is 17.3 Å². The molecule has 0 saturated heterocycles. The Kier molecular flexibility index (Phi) is 4.06. The maximum Gasteiger partial charge on any atom is 0.124 e. The summed E-state index contributed by atoms with van der Waals surface area (Å²) in [5.74, 6) is 0.440. The number of hydrogen-bond donors (Lipinski definition) is 1. The van der Waals surface area contributed by atoms with Gasteiger partial charge in [-0.05, 0) is 45.0 Å². The molecule has 1 fully saturated rings. The fourth-order valence-corrected chi connectivity index (χ4v) is 2.09. The third kappa shape index (κ3) is 3.24. The summed E-state index contributed by atoms with van der Waals surface area (Å²) in [6, 6.07) is 6.81. The first kappa shape index (κ1) is 13.8. The van der Waals surface area contributed by atoms with Gasteiger partial charge in [-0.15, -0.1) is 0 Å². The van der Waals surface area contributed by atoms with E-state index in [1.807, 2.05) is 14.0 Å². The summed E-state index contributed by atoms with van der Waals surface area (Å²) in [6.07, 6.45) is 2.61. The van der Waals surface area contributed by atoms with Gasteiger partial charge in [-0.2, -0.15) is 5.26 Å². The SMILES string of the molecule is CNC(C)c1cc(F)ccc1OCC1(CC#N)CC1. The van der Waals surface area contributed by atoms with E-state index in [1.54, 1.807) is 6.07 Å². The molecule has 1 saturated carbocycles. The molecule has 0 radical (unpaired) electrons. The number of halogens is 1. The number of hydrogen-bond acceptors (Lipinski definition) is 3. The molecule has 2 rings (SSSR count). The number of ether oxygens (including phenoxy) is 1. The Morgan fingerprint density at radius 3 is 2.84 bits per heavy atom. The summed E-state index contributed by atoms with van der Waals surface area (Å²) in [5.41, 5.74) is 0.846. The monoisotopic (exact) mass is 262 g/mol. The number of rotatable bonds is 6. The second kappa shape index (κ2) is 5.58. The Morgan fingerprint density at radius 2 is 2.26 bits per heavy atom. The smallest absolute Gasteiger partial charge is 0.124 e. The number of nitrogens with zero attached hydrogens (tertiary/aromatic N) is 1. The predicted molar refractivity (Wildman–Crippen MR) is 71.3 cm³/mol. The van der Waals surface area contributed by atoms with Gasteiger partial charge in [0.1, 0.15) is 11.6 Å². The van der Waals surface area contributed by atoms with Gasteiger partial charge >= 0.3 is 0 Å². The minimum absolute atomic E-state index is 0.0248. The summed E-state index contributed by atoms with van der Waals surface area (Å²) in [7, 11) is 1.83. The average molecular weight is 262 g/mol. The molecule has 0 heterocycles. The van der Waals surface area contributed by atoms with Crippen LogP contribution in [0.25, 0.3) is 0 Å². The van der Waals surface area contributed by atoms with E-state index in [1.165, 1.54) is 12.1 Å². The zero-order valence-electron chi connectivity index (χ0n) is 11.4. The predicted octanol–water partition coefficient (Wildman–Crippen LogP) is 3.18. The van der Waals surface area contributed by atoms with Gasteiger partial charge in [-0.1, -0.05) is 0 Å². The average Bonchev–Trinajstić information content (AvgIpc) is 3.17. The standard InChI is InChI=1S/C15H19FN2O/c1-11(18-2)13-9-12(16)3-4-14(13)19-10-15(5-6-15)7-8-17/h3-4,9,11,18H,5-7,10H2,1-2H3. The summed E-state index contributed by atoms with van der Waals surface area (Å²) in [6.45, 7) is 2.50. The van der Waals surface area contributed by atoms with Crippen LogP contribution in [-0.4, -0.2) is 13.7 Å². The highest BCUT2D eigenvalue weighted by Crippen LogP contribution is 2.49. The van der Waals surface area contributed by atoms with Crippen molar-refractivity contribution in [2.75, 3.05) is 13.7 Å². The highest BCUT2D eigenvalue weighted by molar-refractivity contribution is 5.36. The topological polar surface area (TPSA) is 45.0 Å². The maximum absolute atomic E-state index is 13.3. The van der Waals surface area contributed by atoms with Crippen LogP contribution in [0.2, 0.25) is 0 Å². The first-order valence-corrected chi connectivity index (χ1v) is 6.57. The summed E-state index contributed by atoms with van der Waals surface area (Å²) in [4.78, 5) is 0. The quantitative estimate of drug-likeness (QED) is 0.856. The van der Waals surface area contributed by atoms with Gasteiger partial charge in [0.05, 0.1) is 12.7 Å². The molecule has 19 heavy (non-hydrogen) atoms. The molecule has 0 amide bonds. The van der Waals surface area contributed by atoms with Gasteiger partial charge in [-0.3, -0.25) is 0 Å². The van der Waals surface area contributed by atoms with Gasteiger partial charge < -0.3 is 10.1 Å². The molecule has 0 aliphatic heterocycles. The number of nitriles is 1. The van der Waals surface area contributed by atoms with Crippen molar-refractivity contribution in [1.29, 1.82) is 5.26 Å². The van der Waals surface area contributed by atoms with Crippen molar-refractivity contribution in [3.8, 4) is 11.8 Å². The molecule has 1 aliphatic rings. The minimum Gasteiger partial charge on any atom is -0.493 e. The van der Waals surface area contributed by atoms with Crippen LogP contribution >= 0.6 is 0 Å². The molecular formula is C15H19FN2O. The van der Waals surface area contributed by atoms with Crippen LogP contribution in [0.3, 0.4) is 0 Å². The van der Waals surface area contributed by atoms with Gasteiger partial charge in [0.2, 0.25) is 0 Å². The van der Waals surface area contributed by atoms with Crippen LogP contribution in [0.5, 0.6) is 5.75 Å². The molecular weight excluding hydrogens is 243 g/mol. The molecule has 1 atom stereocenters. The van der Waals surface area contributed by atoms with Crippen molar-refractivity contribution < 1.29 is 9.13 Å². The lowest BCUT2D eigenvalue weighted by Crippen LogP contribution is -2.17. The van der Waals surface area contributed by atoms with Crippen LogP contribution in [0, 0.1) is 22.6 Å². The maximum atomic E-state index is 13.3. The van der Waals surface area contributed by atoms with E-state index < -0.39 is 0 Å². The van der Waals surface area contributed by atoms with Crippen LogP contribution in [-0.2, 0) is 0 Å². The van der Waals surface area contributed by atoms with Crippen molar-refractivity contribution in [3.63, 3.8) is 0 Å². The first-order chi connectivity index (χ1) is 9.10. The van der Waals surface area contributed by atoms with E-state index in [0.717, 1.165) is 18.4 Å². The molecule has 1 unspecified atom stereocenters. The minimum atomic E-state index is -0.261. The third-order valence-corrected chi connectivity index (χ3v) is 3.82. The van der Waals surface area contributed by atoms with Gasteiger partial charge in [0.15, 0.2) is 0 Å². The molecule has 1 aromatic carbocycles. The molecule has 0 aromatic heterocycles. The highest BCUT2D eigenvalue weighted by atomic mass is 19.1. The Morgan fingerprint density at radius 1 is 1.53 bits per heavy atom. The van der Waals surface area contributed by atoms with Crippen LogP contribution in [0.1, 0.15) is 37.8 Å². The molecule has 0 spiro atoms. The second-order valence-corrected chi connectivity index (χ2v) is 5.32. The molecule has 0 bridgehead atoms. The Labute approximate surface area is 113 Å². The van der Waals surface area contributed by atoms with E-state index >= 15 is 0 Å². The van der Waals surface area contributed by atoms with Gasteiger partial charge in [0, 0.05) is 23.4 Å². The van der Waals surface area contributed by atoms with Gasteiger partial charge in [0.25, 0.3) is 0 Å². The zero-order valence-corrected chi connectivity index (χ0v) is 11.4. The second-order valence-electron chi connectivity index (χ2n) is 5.32. The highest BCUT2D eigenvalue weighted by Gasteiger charge is 2.43. The molecule has 1 N–H and O–H groups in total. The molecule has 1 aliphatic carbocycles. The lowest BCUT2D eigenvalue weighted by Gasteiger charge is -2.19. The van der Waals surface area contributed by atoms with E-state index in [2.05, 4.69) is 11.4 Å². The van der Waals surface area contributed by atoms with Crippen molar-refractivity contribution in [2.24, 2.45) is 5.41 Å². The normalized spacial score (nSPS) is 17.6. The Balaban J connectivity index is 2.10. The fraction of sp³-hybridized carbons (Fsp3) is 0.533. The molecule has 3 nitrogen and oxygen atoms in total.